The smallest absolute Gasteiger partial charge is 0.217 e. The van der Waals surface area contributed by atoms with Gasteiger partial charge in [-0.2, -0.15) is 0 Å². The van der Waals surface area contributed by atoms with E-state index in [0.717, 1.165) is 42.0 Å². The number of nitrogens with one attached hydrogen (secondary N) is 1. The van der Waals surface area contributed by atoms with Crippen LogP contribution in [-0.4, -0.2) is 22.1 Å². The largest absolute Gasteiger partial charge is 0.494 e. The van der Waals surface area contributed by atoms with E-state index in [0.29, 0.717) is 12.5 Å². The van der Waals surface area contributed by atoms with Crippen LogP contribution in [-0.2, 0) is 11.3 Å². The number of imidazole rings is 1. The highest BCUT2D eigenvalue weighted by Crippen LogP contribution is 2.23. The number of para-hydroxylation sites is 2. The highest BCUT2D eigenvalue weighted by molar-refractivity contribution is 5.77. The minimum absolute atomic E-state index is 0.0553. The van der Waals surface area contributed by atoms with Crippen molar-refractivity contribution < 1.29 is 9.53 Å². The van der Waals surface area contributed by atoms with Crippen LogP contribution >= 0.6 is 0 Å². The zero-order chi connectivity index (χ0) is 20.8. The third-order valence-corrected chi connectivity index (χ3v) is 5.35. The van der Waals surface area contributed by atoms with Crippen LogP contribution in [0.2, 0.25) is 0 Å². The SMILES string of the molecule is CCC(C)c1ccc(OCCCn2c(C(C)NC(C)=O)nc3ccccc32)cc1. The molecule has 5 heteroatoms. The van der Waals surface area contributed by atoms with Crippen LogP contribution in [0.15, 0.2) is 48.5 Å². The topological polar surface area (TPSA) is 56.1 Å². The first-order valence-electron chi connectivity index (χ1n) is 10.4. The minimum atomic E-state index is -0.145. The Bertz CT molecular complexity index is 946. The van der Waals surface area contributed by atoms with Gasteiger partial charge in [0, 0.05) is 13.5 Å². The number of carbonyl (C=O) groups is 1. The van der Waals surface area contributed by atoms with Gasteiger partial charge in [-0.25, -0.2) is 4.98 Å². The van der Waals surface area contributed by atoms with Gasteiger partial charge < -0.3 is 14.6 Å². The van der Waals surface area contributed by atoms with E-state index in [2.05, 4.69) is 54.1 Å². The Morgan fingerprint density at radius 3 is 2.55 bits per heavy atom. The van der Waals surface area contributed by atoms with Crippen LogP contribution in [0.5, 0.6) is 5.75 Å². The van der Waals surface area contributed by atoms with E-state index < -0.39 is 0 Å². The number of fused-ring (bicyclic) bond motifs is 1. The van der Waals surface area contributed by atoms with Crippen molar-refractivity contribution in [1.29, 1.82) is 0 Å². The summed E-state index contributed by atoms with van der Waals surface area (Å²) in [6.45, 7) is 9.35. The van der Waals surface area contributed by atoms with Crippen molar-refractivity contribution in [2.24, 2.45) is 0 Å². The summed E-state index contributed by atoms with van der Waals surface area (Å²) in [5.74, 6) is 2.29. The fourth-order valence-electron chi connectivity index (χ4n) is 3.57. The van der Waals surface area contributed by atoms with Crippen molar-refractivity contribution in [1.82, 2.24) is 14.9 Å². The summed E-state index contributed by atoms with van der Waals surface area (Å²) in [6, 6.07) is 16.3. The summed E-state index contributed by atoms with van der Waals surface area (Å²) in [6.07, 6.45) is 1.99. The van der Waals surface area contributed by atoms with E-state index in [1.807, 2.05) is 25.1 Å². The molecule has 3 aromatic rings. The van der Waals surface area contributed by atoms with Crippen LogP contribution in [0.1, 0.15) is 63.9 Å². The molecule has 0 radical (unpaired) electrons. The molecule has 0 aliphatic carbocycles. The van der Waals surface area contributed by atoms with Gasteiger partial charge in [-0.1, -0.05) is 38.1 Å². The van der Waals surface area contributed by atoms with Crippen molar-refractivity contribution in [2.45, 2.75) is 59.0 Å². The number of carbonyl (C=O) groups excluding carboxylic acids is 1. The fourth-order valence-corrected chi connectivity index (χ4v) is 3.57. The number of hydrogen-bond donors (Lipinski definition) is 1. The van der Waals surface area contributed by atoms with Gasteiger partial charge in [0.05, 0.1) is 23.7 Å². The molecule has 0 aliphatic rings. The molecule has 154 valence electrons. The van der Waals surface area contributed by atoms with Crippen molar-refractivity contribution >= 4 is 16.9 Å². The van der Waals surface area contributed by atoms with E-state index in [9.17, 15) is 4.79 Å². The molecule has 2 aromatic carbocycles. The first-order chi connectivity index (χ1) is 14.0. The standard InChI is InChI=1S/C24H31N3O2/c1-5-17(2)20-11-13-21(14-12-20)29-16-8-15-27-23-10-7-6-9-22(23)26-24(27)18(3)25-19(4)28/h6-7,9-14,17-18H,5,8,15-16H2,1-4H3,(H,25,28). The normalized spacial score (nSPS) is 13.2. The van der Waals surface area contributed by atoms with Gasteiger partial charge in [0.1, 0.15) is 11.6 Å². The van der Waals surface area contributed by atoms with E-state index in [1.165, 1.54) is 12.5 Å². The molecule has 0 bridgehead atoms. The van der Waals surface area contributed by atoms with Crippen molar-refractivity contribution in [3.05, 3.63) is 59.9 Å². The molecule has 1 aromatic heterocycles. The van der Waals surface area contributed by atoms with Crippen molar-refractivity contribution in [3.8, 4) is 5.75 Å². The Morgan fingerprint density at radius 1 is 1.14 bits per heavy atom. The Kier molecular flexibility index (Phi) is 6.91. The van der Waals surface area contributed by atoms with Crippen LogP contribution in [0, 0.1) is 0 Å². The maximum atomic E-state index is 11.5. The highest BCUT2D eigenvalue weighted by Gasteiger charge is 2.17. The molecule has 0 saturated heterocycles. The molecule has 5 nitrogen and oxygen atoms in total. The summed E-state index contributed by atoms with van der Waals surface area (Å²) >= 11 is 0. The molecule has 29 heavy (non-hydrogen) atoms. The van der Waals surface area contributed by atoms with Crippen molar-refractivity contribution in [3.63, 3.8) is 0 Å². The molecule has 1 N–H and O–H groups in total. The fraction of sp³-hybridized carbons (Fsp3) is 0.417. The molecular formula is C24H31N3O2. The van der Waals surface area contributed by atoms with Gasteiger partial charge in [0.25, 0.3) is 0 Å². The van der Waals surface area contributed by atoms with Gasteiger partial charge >= 0.3 is 0 Å². The van der Waals surface area contributed by atoms with Crippen LogP contribution < -0.4 is 10.1 Å². The molecule has 1 amide bonds. The first-order valence-corrected chi connectivity index (χ1v) is 10.4. The highest BCUT2D eigenvalue weighted by atomic mass is 16.5. The van der Waals surface area contributed by atoms with Gasteiger partial charge in [-0.15, -0.1) is 0 Å². The Morgan fingerprint density at radius 2 is 1.86 bits per heavy atom. The Balaban J connectivity index is 1.64. The molecular weight excluding hydrogens is 362 g/mol. The molecule has 1 heterocycles. The average molecular weight is 394 g/mol. The number of aryl methyl sites for hydroxylation is 1. The quantitative estimate of drug-likeness (QED) is 0.507. The average Bonchev–Trinajstić information content (AvgIpc) is 3.09. The lowest BCUT2D eigenvalue weighted by Crippen LogP contribution is -2.26. The number of hydrogen-bond acceptors (Lipinski definition) is 3. The predicted molar refractivity (Wildman–Crippen MR) is 117 cm³/mol. The molecule has 3 rings (SSSR count). The molecule has 2 unspecified atom stereocenters. The molecule has 2 atom stereocenters. The molecule has 0 fully saturated rings. The second kappa shape index (κ2) is 9.59. The summed E-state index contributed by atoms with van der Waals surface area (Å²) in [5, 5.41) is 2.94. The Labute approximate surface area is 173 Å². The third-order valence-electron chi connectivity index (χ3n) is 5.35. The number of benzene rings is 2. The first kappa shape index (κ1) is 20.9. The van der Waals surface area contributed by atoms with E-state index in [4.69, 9.17) is 9.72 Å². The summed E-state index contributed by atoms with van der Waals surface area (Å²) in [5.41, 5.74) is 3.38. The molecule has 0 aliphatic heterocycles. The monoisotopic (exact) mass is 393 g/mol. The maximum absolute atomic E-state index is 11.5. The lowest BCUT2D eigenvalue weighted by Gasteiger charge is -2.16. The van der Waals surface area contributed by atoms with Gasteiger partial charge in [0.2, 0.25) is 5.91 Å². The maximum Gasteiger partial charge on any atom is 0.217 e. The van der Waals surface area contributed by atoms with E-state index >= 15 is 0 Å². The third kappa shape index (κ3) is 5.17. The molecule has 0 spiro atoms. The predicted octanol–water partition coefficient (Wildman–Crippen LogP) is 5.22. The number of ether oxygens (including phenoxy) is 1. The second-order valence-corrected chi connectivity index (χ2v) is 7.61. The lowest BCUT2D eigenvalue weighted by atomic mass is 9.99. The zero-order valence-corrected chi connectivity index (χ0v) is 17.8. The Hall–Kier alpha value is -2.82. The zero-order valence-electron chi connectivity index (χ0n) is 17.8. The van der Waals surface area contributed by atoms with Crippen LogP contribution in [0.4, 0.5) is 0 Å². The van der Waals surface area contributed by atoms with Crippen LogP contribution in [0.3, 0.4) is 0 Å². The number of nitrogens with zero attached hydrogens (tertiary/aromatic N) is 2. The second-order valence-electron chi connectivity index (χ2n) is 7.61. The number of rotatable bonds is 9. The minimum Gasteiger partial charge on any atom is -0.494 e. The van der Waals surface area contributed by atoms with Gasteiger partial charge in [-0.3, -0.25) is 4.79 Å². The molecule has 0 saturated carbocycles. The number of aromatic nitrogens is 2. The van der Waals surface area contributed by atoms with Gasteiger partial charge in [-0.05, 0) is 55.5 Å². The summed E-state index contributed by atoms with van der Waals surface area (Å²) in [7, 11) is 0. The van der Waals surface area contributed by atoms with E-state index in [1.54, 1.807) is 0 Å². The van der Waals surface area contributed by atoms with Crippen LogP contribution in [0.25, 0.3) is 11.0 Å². The van der Waals surface area contributed by atoms with E-state index in [-0.39, 0.29) is 11.9 Å². The number of amides is 1. The summed E-state index contributed by atoms with van der Waals surface area (Å²) < 4.78 is 8.13. The van der Waals surface area contributed by atoms with Crippen molar-refractivity contribution in [2.75, 3.05) is 6.61 Å². The lowest BCUT2D eigenvalue weighted by molar-refractivity contribution is -0.119. The summed E-state index contributed by atoms with van der Waals surface area (Å²) in [4.78, 5) is 16.2. The van der Waals surface area contributed by atoms with Gasteiger partial charge in [0.15, 0.2) is 0 Å².